The monoisotopic (exact) mass is 350 g/mol. The van der Waals surface area contributed by atoms with Crippen molar-refractivity contribution in [3.63, 3.8) is 0 Å². The first-order valence-electron chi connectivity index (χ1n) is 7.30. The van der Waals surface area contributed by atoms with Crippen LogP contribution in [0.4, 0.5) is 16.3 Å². The number of anilines is 2. The van der Waals surface area contributed by atoms with Crippen molar-refractivity contribution >= 4 is 40.7 Å². The Morgan fingerprint density at radius 2 is 1.87 bits per heavy atom. The molecule has 1 saturated heterocycles. The molecular formula is C16H16Cl2N4O. The fourth-order valence-electron chi connectivity index (χ4n) is 2.47. The van der Waals surface area contributed by atoms with E-state index in [-0.39, 0.29) is 6.03 Å². The summed E-state index contributed by atoms with van der Waals surface area (Å²) in [6, 6.07) is 10.6. The van der Waals surface area contributed by atoms with E-state index in [2.05, 4.69) is 15.2 Å². The molecule has 1 aromatic carbocycles. The van der Waals surface area contributed by atoms with E-state index in [4.69, 9.17) is 23.2 Å². The van der Waals surface area contributed by atoms with E-state index >= 15 is 0 Å². The van der Waals surface area contributed by atoms with Gasteiger partial charge in [-0.3, -0.25) is 0 Å². The summed E-state index contributed by atoms with van der Waals surface area (Å²) in [6.45, 7) is 2.74. The molecular weight excluding hydrogens is 335 g/mol. The molecule has 2 heterocycles. The molecule has 0 unspecified atom stereocenters. The van der Waals surface area contributed by atoms with Gasteiger partial charge < -0.3 is 15.1 Å². The molecule has 120 valence electrons. The van der Waals surface area contributed by atoms with Gasteiger partial charge in [0.2, 0.25) is 0 Å². The Morgan fingerprint density at radius 1 is 1.09 bits per heavy atom. The van der Waals surface area contributed by atoms with Crippen molar-refractivity contribution in [1.29, 1.82) is 0 Å². The van der Waals surface area contributed by atoms with Gasteiger partial charge in [0, 0.05) is 37.4 Å². The van der Waals surface area contributed by atoms with Gasteiger partial charge in [0.1, 0.15) is 5.82 Å². The fraction of sp³-hybridized carbons (Fsp3) is 0.250. The van der Waals surface area contributed by atoms with E-state index in [1.165, 1.54) is 0 Å². The first kappa shape index (κ1) is 15.9. The van der Waals surface area contributed by atoms with Crippen LogP contribution in [0.1, 0.15) is 0 Å². The number of carbonyl (C=O) groups excluding carboxylic acids is 1. The fourth-order valence-corrected chi connectivity index (χ4v) is 2.80. The van der Waals surface area contributed by atoms with Crippen molar-refractivity contribution in [2.75, 3.05) is 36.4 Å². The number of hydrogen-bond donors (Lipinski definition) is 1. The summed E-state index contributed by atoms with van der Waals surface area (Å²) < 4.78 is 0. The maximum Gasteiger partial charge on any atom is 0.322 e. The van der Waals surface area contributed by atoms with Crippen LogP contribution < -0.4 is 10.2 Å². The van der Waals surface area contributed by atoms with Gasteiger partial charge in [0.05, 0.1) is 10.7 Å². The lowest BCUT2D eigenvalue weighted by molar-refractivity contribution is 0.208. The maximum absolute atomic E-state index is 12.4. The molecule has 3 rings (SSSR count). The molecule has 1 aromatic heterocycles. The number of nitrogens with one attached hydrogen (secondary N) is 1. The Balaban J connectivity index is 1.59. The molecule has 1 aliphatic rings. The number of pyridine rings is 1. The van der Waals surface area contributed by atoms with Crippen LogP contribution in [-0.2, 0) is 0 Å². The van der Waals surface area contributed by atoms with E-state index in [0.29, 0.717) is 28.8 Å². The van der Waals surface area contributed by atoms with Crippen molar-refractivity contribution in [2.24, 2.45) is 0 Å². The molecule has 0 bridgehead atoms. The molecule has 1 fully saturated rings. The third kappa shape index (κ3) is 3.86. The Kier molecular flexibility index (Phi) is 4.88. The van der Waals surface area contributed by atoms with Gasteiger partial charge in [-0.05, 0) is 30.3 Å². The molecule has 7 heteroatoms. The summed E-state index contributed by atoms with van der Waals surface area (Å²) in [5.74, 6) is 0.936. The largest absolute Gasteiger partial charge is 0.353 e. The van der Waals surface area contributed by atoms with Crippen LogP contribution in [0.2, 0.25) is 10.0 Å². The van der Waals surface area contributed by atoms with Crippen molar-refractivity contribution < 1.29 is 4.79 Å². The minimum absolute atomic E-state index is 0.171. The van der Waals surface area contributed by atoms with E-state index in [1.54, 1.807) is 29.3 Å². The zero-order chi connectivity index (χ0) is 16.2. The van der Waals surface area contributed by atoms with E-state index in [0.717, 1.165) is 18.9 Å². The zero-order valence-corrected chi connectivity index (χ0v) is 13.9. The molecule has 0 radical (unpaired) electrons. The number of carbonyl (C=O) groups is 1. The summed E-state index contributed by atoms with van der Waals surface area (Å²) in [5, 5.41) is 3.81. The number of amides is 2. The number of rotatable bonds is 2. The summed E-state index contributed by atoms with van der Waals surface area (Å²) in [5.41, 5.74) is 0.524. The van der Waals surface area contributed by atoms with Gasteiger partial charge in [-0.15, -0.1) is 0 Å². The molecule has 23 heavy (non-hydrogen) atoms. The molecule has 0 aliphatic carbocycles. The summed E-state index contributed by atoms with van der Waals surface area (Å²) in [6.07, 6.45) is 1.77. The normalized spacial score (nSPS) is 14.7. The quantitative estimate of drug-likeness (QED) is 0.897. The number of urea groups is 1. The number of halogens is 2. The maximum atomic E-state index is 12.4. The lowest BCUT2D eigenvalue weighted by atomic mass is 10.3. The first-order chi connectivity index (χ1) is 11.1. The highest BCUT2D eigenvalue weighted by Gasteiger charge is 2.22. The van der Waals surface area contributed by atoms with Crippen molar-refractivity contribution in [3.05, 3.63) is 52.6 Å². The molecule has 1 N–H and O–H groups in total. The predicted octanol–water partition coefficient (Wildman–Crippen LogP) is 3.74. The Bertz CT molecular complexity index is 688. The smallest absolute Gasteiger partial charge is 0.322 e. The SMILES string of the molecule is O=C(Nc1cc(Cl)ccc1Cl)N1CCN(c2ccccn2)CC1. The first-order valence-corrected chi connectivity index (χ1v) is 8.06. The molecule has 2 amide bonds. The Morgan fingerprint density at radius 3 is 2.57 bits per heavy atom. The number of piperazine rings is 1. The number of nitrogens with zero attached hydrogens (tertiary/aromatic N) is 3. The Hall–Kier alpha value is -1.98. The third-order valence-electron chi connectivity index (χ3n) is 3.71. The van der Waals surface area contributed by atoms with E-state index in [9.17, 15) is 4.79 Å². The van der Waals surface area contributed by atoms with E-state index < -0.39 is 0 Å². The van der Waals surface area contributed by atoms with Gasteiger partial charge in [-0.1, -0.05) is 29.3 Å². The lowest BCUT2D eigenvalue weighted by Crippen LogP contribution is -2.50. The van der Waals surface area contributed by atoms with E-state index in [1.807, 2.05) is 18.2 Å². The topological polar surface area (TPSA) is 48.5 Å². The number of benzene rings is 1. The second-order valence-electron chi connectivity index (χ2n) is 5.22. The van der Waals surface area contributed by atoms with Gasteiger partial charge in [0.15, 0.2) is 0 Å². The highest BCUT2D eigenvalue weighted by molar-refractivity contribution is 6.35. The second kappa shape index (κ2) is 7.06. The summed E-state index contributed by atoms with van der Waals surface area (Å²) in [4.78, 5) is 20.6. The van der Waals surface area contributed by atoms with Crippen LogP contribution >= 0.6 is 23.2 Å². The molecule has 0 spiro atoms. The van der Waals surface area contributed by atoms with Gasteiger partial charge in [0.25, 0.3) is 0 Å². The van der Waals surface area contributed by atoms with Crippen LogP contribution in [0.15, 0.2) is 42.6 Å². The minimum atomic E-state index is -0.171. The van der Waals surface area contributed by atoms with Gasteiger partial charge in [-0.25, -0.2) is 9.78 Å². The summed E-state index contributed by atoms with van der Waals surface area (Å²) in [7, 11) is 0. The van der Waals surface area contributed by atoms with Gasteiger partial charge >= 0.3 is 6.03 Å². The lowest BCUT2D eigenvalue weighted by Gasteiger charge is -2.35. The molecule has 1 aliphatic heterocycles. The van der Waals surface area contributed by atoms with Crippen LogP contribution in [0.5, 0.6) is 0 Å². The minimum Gasteiger partial charge on any atom is -0.353 e. The van der Waals surface area contributed by atoms with Gasteiger partial charge in [-0.2, -0.15) is 0 Å². The molecule has 0 saturated carbocycles. The average molecular weight is 351 g/mol. The van der Waals surface area contributed by atoms with Crippen molar-refractivity contribution in [2.45, 2.75) is 0 Å². The van der Waals surface area contributed by atoms with Crippen LogP contribution in [0, 0.1) is 0 Å². The second-order valence-corrected chi connectivity index (χ2v) is 6.06. The molecule has 5 nitrogen and oxygen atoms in total. The molecule has 0 atom stereocenters. The predicted molar refractivity (Wildman–Crippen MR) is 93.5 cm³/mol. The van der Waals surface area contributed by atoms with Crippen LogP contribution in [-0.4, -0.2) is 42.1 Å². The van der Waals surface area contributed by atoms with Crippen molar-refractivity contribution in [3.8, 4) is 0 Å². The highest BCUT2D eigenvalue weighted by Crippen LogP contribution is 2.25. The van der Waals surface area contributed by atoms with Crippen molar-refractivity contribution in [1.82, 2.24) is 9.88 Å². The zero-order valence-electron chi connectivity index (χ0n) is 12.4. The standard InChI is InChI=1S/C16H16Cl2N4O/c17-12-4-5-13(18)14(11-12)20-16(23)22-9-7-21(8-10-22)15-3-1-2-6-19-15/h1-6,11H,7-10H2,(H,20,23). The van der Waals surface area contributed by atoms with Crippen LogP contribution in [0.3, 0.4) is 0 Å². The average Bonchev–Trinajstić information content (AvgIpc) is 2.59. The molecule has 2 aromatic rings. The highest BCUT2D eigenvalue weighted by atomic mass is 35.5. The third-order valence-corrected chi connectivity index (χ3v) is 4.27. The summed E-state index contributed by atoms with van der Waals surface area (Å²) >= 11 is 12.0. The Labute approximate surface area is 144 Å². The van der Waals surface area contributed by atoms with Crippen LogP contribution in [0.25, 0.3) is 0 Å². The number of aromatic nitrogens is 1. The number of hydrogen-bond acceptors (Lipinski definition) is 3.